The number of carbonyl (C=O) groups excluding carboxylic acids is 1. The van der Waals surface area contributed by atoms with E-state index in [2.05, 4.69) is 21.4 Å². The maximum absolute atomic E-state index is 12.1. The number of aromatic nitrogens is 3. The van der Waals surface area contributed by atoms with E-state index in [1.165, 1.54) is 0 Å². The molecule has 3 aromatic heterocycles. The maximum Gasteiger partial charge on any atom is 0.241 e. The number of aryl methyl sites for hydroxylation is 3. The highest BCUT2D eigenvalue weighted by Gasteiger charge is 2.15. The third kappa shape index (κ3) is 3.20. The van der Waals surface area contributed by atoms with Gasteiger partial charge in [0.15, 0.2) is 0 Å². The molecule has 0 fully saturated rings. The van der Waals surface area contributed by atoms with Gasteiger partial charge in [0, 0.05) is 37.6 Å². The Balaban J connectivity index is 2.05. The molecule has 3 aromatic rings. The summed E-state index contributed by atoms with van der Waals surface area (Å²) >= 11 is 0. The van der Waals surface area contributed by atoms with Gasteiger partial charge >= 0.3 is 0 Å². The van der Waals surface area contributed by atoms with Crippen molar-refractivity contribution in [3.63, 3.8) is 0 Å². The van der Waals surface area contributed by atoms with Crippen LogP contribution < -0.4 is 5.32 Å². The molecule has 25 heavy (non-hydrogen) atoms. The lowest BCUT2D eigenvalue weighted by Crippen LogP contribution is -2.26. The van der Waals surface area contributed by atoms with Crippen LogP contribution >= 0.6 is 0 Å². The van der Waals surface area contributed by atoms with Crippen molar-refractivity contribution in [2.45, 2.75) is 27.3 Å². The third-order valence-corrected chi connectivity index (χ3v) is 4.42. The molecule has 0 saturated heterocycles. The number of nitrogens with one attached hydrogen (secondary N) is 1. The molecule has 0 radical (unpaired) electrons. The first-order valence-electron chi connectivity index (χ1n) is 8.22. The van der Waals surface area contributed by atoms with Crippen LogP contribution in [0.2, 0.25) is 0 Å². The summed E-state index contributed by atoms with van der Waals surface area (Å²) in [6, 6.07) is 5.98. The Morgan fingerprint density at radius 2 is 1.88 bits per heavy atom. The maximum atomic E-state index is 12.1. The van der Waals surface area contributed by atoms with E-state index in [9.17, 15) is 4.79 Å². The Labute approximate surface area is 147 Å². The number of pyridine rings is 2. The average Bonchev–Trinajstić information content (AvgIpc) is 2.88. The van der Waals surface area contributed by atoms with Gasteiger partial charge in [-0.3, -0.25) is 9.78 Å². The highest BCUT2D eigenvalue weighted by Crippen LogP contribution is 2.29. The molecule has 130 valence electrons. The predicted octanol–water partition coefficient (Wildman–Crippen LogP) is 3.19. The highest BCUT2D eigenvalue weighted by atomic mass is 16.2. The monoisotopic (exact) mass is 337 g/mol. The van der Waals surface area contributed by atoms with Crippen LogP contribution in [0, 0.1) is 20.8 Å². The van der Waals surface area contributed by atoms with Gasteiger partial charge in [-0.25, -0.2) is 4.98 Å². The van der Waals surface area contributed by atoms with Crippen molar-refractivity contribution in [2.24, 2.45) is 0 Å². The van der Waals surface area contributed by atoms with Crippen LogP contribution in [0.15, 0.2) is 30.6 Å². The molecule has 0 spiro atoms. The van der Waals surface area contributed by atoms with E-state index < -0.39 is 0 Å². The molecule has 0 aliphatic heterocycles. The summed E-state index contributed by atoms with van der Waals surface area (Å²) in [6.07, 6.45) is 3.57. The lowest BCUT2D eigenvalue weighted by atomic mass is 10.2. The summed E-state index contributed by atoms with van der Waals surface area (Å²) in [5.41, 5.74) is 5.03. The zero-order valence-electron chi connectivity index (χ0n) is 15.3. The number of amides is 1. The number of nitrogens with zero attached hydrogens (tertiary/aromatic N) is 4. The van der Waals surface area contributed by atoms with Crippen LogP contribution in [-0.2, 0) is 11.3 Å². The fraction of sp³-hybridized carbons (Fsp3) is 0.316. The van der Waals surface area contributed by atoms with E-state index in [1.54, 1.807) is 31.4 Å². The van der Waals surface area contributed by atoms with E-state index in [1.807, 2.05) is 37.5 Å². The van der Waals surface area contributed by atoms with E-state index in [0.29, 0.717) is 6.54 Å². The first-order chi connectivity index (χ1) is 11.9. The zero-order valence-corrected chi connectivity index (χ0v) is 15.3. The smallest absolute Gasteiger partial charge is 0.241 e. The van der Waals surface area contributed by atoms with Crippen LogP contribution in [0.3, 0.4) is 0 Å². The number of likely N-dealkylation sites (N-methyl/N-ethyl adjacent to an activating group) is 1. The lowest BCUT2D eigenvalue weighted by molar-refractivity contribution is -0.129. The largest absolute Gasteiger partial charge is 0.347 e. The Bertz CT molecular complexity index is 922. The standard InChI is InChI=1S/C19H23N5O/c1-12-6-8-20-14(3)18(12)22-19-15-10-13(2)24(11-17(25)23(4)5)16(15)7-9-21-19/h6-10H,11H2,1-5H3,(H,21,22). The van der Waals surface area contributed by atoms with Gasteiger partial charge < -0.3 is 14.8 Å². The molecule has 1 N–H and O–H groups in total. The zero-order chi connectivity index (χ0) is 18.1. The summed E-state index contributed by atoms with van der Waals surface area (Å²) in [4.78, 5) is 22.6. The van der Waals surface area contributed by atoms with Crippen molar-refractivity contribution in [3.8, 4) is 0 Å². The van der Waals surface area contributed by atoms with Gasteiger partial charge in [0.1, 0.15) is 12.4 Å². The fourth-order valence-electron chi connectivity index (χ4n) is 2.91. The van der Waals surface area contributed by atoms with Crippen LogP contribution in [0.1, 0.15) is 17.0 Å². The lowest BCUT2D eigenvalue weighted by Gasteiger charge is -2.14. The van der Waals surface area contributed by atoms with Gasteiger partial charge in [-0.1, -0.05) is 0 Å². The van der Waals surface area contributed by atoms with E-state index in [0.717, 1.165) is 39.4 Å². The van der Waals surface area contributed by atoms with Crippen LogP contribution in [0.5, 0.6) is 0 Å². The van der Waals surface area contributed by atoms with Crippen molar-refractivity contribution in [1.82, 2.24) is 19.4 Å². The molecule has 0 unspecified atom stereocenters. The van der Waals surface area contributed by atoms with Crippen molar-refractivity contribution in [2.75, 3.05) is 19.4 Å². The van der Waals surface area contributed by atoms with Gasteiger partial charge in [-0.05, 0) is 44.5 Å². The van der Waals surface area contributed by atoms with Gasteiger partial charge in [0.2, 0.25) is 5.91 Å². The SMILES string of the molecule is Cc1ccnc(C)c1Nc1nccc2c1cc(C)n2CC(=O)N(C)C. The third-order valence-electron chi connectivity index (χ3n) is 4.42. The molecule has 3 rings (SSSR count). The molecule has 0 aliphatic carbocycles. The minimum absolute atomic E-state index is 0.0610. The Morgan fingerprint density at radius 1 is 1.16 bits per heavy atom. The molecule has 1 amide bonds. The minimum atomic E-state index is 0.0610. The number of hydrogen-bond donors (Lipinski definition) is 1. The van der Waals surface area contributed by atoms with E-state index >= 15 is 0 Å². The fourth-order valence-corrected chi connectivity index (χ4v) is 2.91. The first-order valence-corrected chi connectivity index (χ1v) is 8.22. The number of anilines is 2. The molecule has 6 heteroatoms. The topological polar surface area (TPSA) is 63.1 Å². The summed E-state index contributed by atoms with van der Waals surface area (Å²) in [5.74, 6) is 0.835. The molecule has 0 aliphatic rings. The van der Waals surface area contributed by atoms with Crippen LogP contribution in [0.4, 0.5) is 11.5 Å². The molecule has 6 nitrogen and oxygen atoms in total. The quantitative estimate of drug-likeness (QED) is 0.794. The molecule has 0 atom stereocenters. The number of carbonyl (C=O) groups is 1. The number of hydrogen-bond acceptors (Lipinski definition) is 4. The minimum Gasteiger partial charge on any atom is -0.347 e. The van der Waals surface area contributed by atoms with Crippen molar-refractivity contribution in [3.05, 3.63) is 47.5 Å². The first kappa shape index (κ1) is 17.0. The summed E-state index contributed by atoms with van der Waals surface area (Å²) < 4.78 is 2.02. The molecule has 3 heterocycles. The normalized spacial score (nSPS) is 10.9. The van der Waals surface area contributed by atoms with Crippen molar-refractivity contribution in [1.29, 1.82) is 0 Å². The average molecular weight is 337 g/mol. The van der Waals surface area contributed by atoms with E-state index in [4.69, 9.17) is 0 Å². The van der Waals surface area contributed by atoms with Gasteiger partial charge in [0.05, 0.1) is 16.9 Å². The Hall–Kier alpha value is -2.89. The second-order valence-corrected chi connectivity index (χ2v) is 6.47. The highest BCUT2D eigenvalue weighted by molar-refractivity contribution is 5.93. The number of rotatable bonds is 4. The van der Waals surface area contributed by atoms with Crippen LogP contribution in [-0.4, -0.2) is 39.4 Å². The second kappa shape index (κ2) is 6.55. The predicted molar refractivity (Wildman–Crippen MR) is 100 cm³/mol. The van der Waals surface area contributed by atoms with E-state index in [-0.39, 0.29) is 5.91 Å². The molecule has 0 bridgehead atoms. The van der Waals surface area contributed by atoms with Gasteiger partial charge in [-0.2, -0.15) is 0 Å². The Morgan fingerprint density at radius 3 is 2.56 bits per heavy atom. The van der Waals surface area contributed by atoms with Crippen molar-refractivity contribution < 1.29 is 4.79 Å². The van der Waals surface area contributed by atoms with Crippen LogP contribution in [0.25, 0.3) is 10.9 Å². The van der Waals surface area contributed by atoms with Gasteiger partial charge in [-0.15, -0.1) is 0 Å². The molecular weight excluding hydrogens is 314 g/mol. The van der Waals surface area contributed by atoms with Crippen molar-refractivity contribution >= 4 is 28.3 Å². The van der Waals surface area contributed by atoms with Gasteiger partial charge in [0.25, 0.3) is 0 Å². The summed E-state index contributed by atoms with van der Waals surface area (Å²) in [7, 11) is 3.54. The summed E-state index contributed by atoms with van der Waals surface area (Å²) in [5, 5.41) is 4.41. The number of fused-ring (bicyclic) bond motifs is 1. The second-order valence-electron chi connectivity index (χ2n) is 6.47. The Kier molecular flexibility index (Phi) is 4.44. The molecule has 0 saturated carbocycles. The molecule has 0 aromatic carbocycles. The molecular formula is C19H23N5O. The summed E-state index contributed by atoms with van der Waals surface area (Å²) in [6.45, 7) is 6.34.